The monoisotopic (exact) mass is 221 g/mol. The van der Waals surface area contributed by atoms with Gasteiger partial charge in [-0.05, 0) is 39.2 Å². The summed E-state index contributed by atoms with van der Waals surface area (Å²) in [7, 11) is 0. The fraction of sp³-hybridized carbons (Fsp3) is 0.615. The Morgan fingerprint density at radius 3 is 2.44 bits per heavy atom. The molecule has 0 aromatic heterocycles. The maximum Gasteiger partial charge on any atom is 0.183 e. The predicted molar refractivity (Wildman–Crippen MR) is 68.4 cm³/mol. The van der Waals surface area contributed by atoms with Crippen LogP contribution < -0.4 is 5.73 Å². The van der Waals surface area contributed by atoms with E-state index in [-0.39, 0.29) is 0 Å². The summed E-state index contributed by atoms with van der Waals surface area (Å²) in [6.07, 6.45) is 6.99. The summed E-state index contributed by atoms with van der Waals surface area (Å²) in [5.74, 6) is 0. The summed E-state index contributed by atoms with van der Waals surface area (Å²) in [6, 6.07) is 0. The topological polar surface area (TPSA) is 53.0 Å². The van der Waals surface area contributed by atoms with Crippen molar-refractivity contribution in [3.63, 3.8) is 0 Å². The minimum atomic E-state index is 0.725. The molecule has 3 heteroatoms. The third kappa shape index (κ3) is 7.08. The van der Waals surface area contributed by atoms with Gasteiger partial charge in [0.05, 0.1) is 0 Å². The zero-order valence-corrected chi connectivity index (χ0v) is 10.3. The van der Waals surface area contributed by atoms with Crippen LogP contribution in [0.25, 0.3) is 0 Å². The molecule has 0 aliphatic heterocycles. The van der Waals surface area contributed by atoms with Crippen LogP contribution in [-0.4, -0.2) is 18.0 Å². The highest BCUT2D eigenvalue weighted by Gasteiger charge is 2.05. The first-order chi connectivity index (χ1) is 7.61. The van der Waals surface area contributed by atoms with Crippen molar-refractivity contribution in [1.29, 1.82) is 5.26 Å². The molecule has 0 aromatic rings. The number of unbranched alkanes of at least 4 members (excludes halogenated alkanes) is 2. The van der Waals surface area contributed by atoms with Gasteiger partial charge in [0, 0.05) is 12.2 Å². The van der Waals surface area contributed by atoms with Crippen LogP contribution in [0.4, 0.5) is 0 Å². The maximum atomic E-state index is 8.99. The third-order valence-electron chi connectivity index (χ3n) is 2.43. The Labute approximate surface area is 99.2 Å². The second kappa shape index (κ2) is 8.99. The molecule has 0 saturated carbocycles. The van der Waals surface area contributed by atoms with Crippen LogP contribution in [0.3, 0.4) is 0 Å². The Morgan fingerprint density at radius 2 is 1.94 bits per heavy atom. The van der Waals surface area contributed by atoms with Gasteiger partial charge in [0.1, 0.15) is 0 Å². The molecule has 0 bridgehead atoms. The highest BCUT2D eigenvalue weighted by molar-refractivity contribution is 5.03. The number of allylic oxidation sites excluding steroid dienone is 2. The summed E-state index contributed by atoms with van der Waals surface area (Å²) in [5.41, 5.74) is 7.43. The molecule has 16 heavy (non-hydrogen) atoms. The molecule has 0 spiro atoms. The molecule has 0 aliphatic rings. The lowest BCUT2D eigenvalue weighted by atomic mass is 10.1. The minimum Gasteiger partial charge on any atom is -0.330 e. The van der Waals surface area contributed by atoms with Gasteiger partial charge >= 0.3 is 0 Å². The molecule has 0 heterocycles. The number of hydrogen-bond donors (Lipinski definition) is 1. The normalized spacial score (nSPS) is 9.56. The van der Waals surface area contributed by atoms with Gasteiger partial charge in [0.15, 0.2) is 6.19 Å². The van der Waals surface area contributed by atoms with Crippen molar-refractivity contribution in [3.8, 4) is 6.19 Å². The van der Waals surface area contributed by atoms with Gasteiger partial charge in [-0.2, -0.15) is 5.26 Å². The van der Waals surface area contributed by atoms with Crippen LogP contribution in [-0.2, 0) is 0 Å². The summed E-state index contributed by atoms with van der Waals surface area (Å²) >= 11 is 0. The number of nitriles is 1. The SMILES string of the molecule is C=C(C)CCC(=C)N(C#N)CCCCCN. The van der Waals surface area contributed by atoms with E-state index in [4.69, 9.17) is 11.0 Å². The van der Waals surface area contributed by atoms with E-state index in [1.165, 1.54) is 0 Å². The molecule has 3 nitrogen and oxygen atoms in total. The average Bonchev–Trinajstić information content (AvgIpc) is 2.26. The lowest BCUT2D eigenvalue weighted by molar-refractivity contribution is 0.441. The van der Waals surface area contributed by atoms with Gasteiger partial charge in [0.25, 0.3) is 0 Å². The fourth-order valence-electron chi connectivity index (χ4n) is 1.36. The Morgan fingerprint density at radius 1 is 1.25 bits per heavy atom. The number of nitrogens with two attached hydrogens (primary N) is 1. The molecule has 0 saturated heterocycles. The van der Waals surface area contributed by atoms with Crippen LogP contribution in [0.2, 0.25) is 0 Å². The summed E-state index contributed by atoms with van der Waals surface area (Å²) in [4.78, 5) is 1.68. The molecule has 0 radical (unpaired) electrons. The maximum absolute atomic E-state index is 8.99. The van der Waals surface area contributed by atoms with Crippen LogP contribution >= 0.6 is 0 Å². The number of hydrogen-bond acceptors (Lipinski definition) is 3. The van der Waals surface area contributed by atoms with Crippen molar-refractivity contribution in [2.24, 2.45) is 5.73 Å². The number of rotatable bonds is 9. The average molecular weight is 221 g/mol. The Kier molecular flexibility index (Phi) is 8.28. The third-order valence-corrected chi connectivity index (χ3v) is 2.43. The molecule has 0 fully saturated rings. The molecule has 0 aromatic carbocycles. The summed E-state index contributed by atoms with van der Waals surface area (Å²) in [5, 5.41) is 8.99. The molecule has 0 aliphatic carbocycles. The highest BCUT2D eigenvalue weighted by Crippen LogP contribution is 2.13. The molecular formula is C13H23N3. The van der Waals surface area contributed by atoms with Gasteiger partial charge in [-0.25, -0.2) is 0 Å². The quantitative estimate of drug-likeness (QED) is 0.282. The largest absolute Gasteiger partial charge is 0.330 e. The fourth-order valence-corrected chi connectivity index (χ4v) is 1.36. The summed E-state index contributed by atoms with van der Waals surface area (Å²) in [6.45, 7) is 11.2. The molecule has 0 rings (SSSR count). The molecule has 90 valence electrons. The van der Waals surface area contributed by atoms with Crippen LogP contribution in [0.5, 0.6) is 0 Å². The van der Waals surface area contributed by atoms with Gasteiger partial charge < -0.3 is 5.73 Å². The molecule has 0 atom stereocenters. The van der Waals surface area contributed by atoms with E-state index < -0.39 is 0 Å². The minimum absolute atomic E-state index is 0.725. The first-order valence-electron chi connectivity index (χ1n) is 5.81. The van der Waals surface area contributed by atoms with Gasteiger partial charge in [-0.15, -0.1) is 6.58 Å². The van der Waals surface area contributed by atoms with E-state index in [9.17, 15) is 0 Å². The number of nitrogens with zero attached hydrogens (tertiary/aromatic N) is 2. The van der Waals surface area contributed by atoms with Crippen LogP contribution in [0.1, 0.15) is 39.0 Å². The van der Waals surface area contributed by atoms with Crippen molar-refractivity contribution >= 4 is 0 Å². The van der Waals surface area contributed by atoms with E-state index in [0.29, 0.717) is 0 Å². The first kappa shape index (κ1) is 14.7. The van der Waals surface area contributed by atoms with Crippen molar-refractivity contribution < 1.29 is 0 Å². The zero-order valence-electron chi connectivity index (χ0n) is 10.3. The van der Waals surface area contributed by atoms with E-state index >= 15 is 0 Å². The van der Waals surface area contributed by atoms with Gasteiger partial charge in [-0.3, -0.25) is 4.90 Å². The second-order valence-corrected chi connectivity index (χ2v) is 4.12. The smallest absolute Gasteiger partial charge is 0.183 e. The van der Waals surface area contributed by atoms with Crippen molar-refractivity contribution in [1.82, 2.24) is 4.90 Å². The zero-order chi connectivity index (χ0) is 12.4. The van der Waals surface area contributed by atoms with Gasteiger partial charge in [0.2, 0.25) is 0 Å². The Balaban J connectivity index is 3.84. The lowest BCUT2D eigenvalue weighted by Crippen LogP contribution is -2.18. The standard InChI is InChI=1S/C13H23N3/c1-12(2)7-8-13(3)16(11-15)10-6-4-5-9-14/h1,3-10,14H2,2H3. The van der Waals surface area contributed by atoms with Crippen molar-refractivity contribution in [2.45, 2.75) is 39.0 Å². The van der Waals surface area contributed by atoms with Crippen LogP contribution in [0.15, 0.2) is 24.4 Å². The first-order valence-corrected chi connectivity index (χ1v) is 5.81. The van der Waals surface area contributed by atoms with E-state index in [0.717, 1.165) is 56.5 Å². The Bertz CT molecular complexity index is 263. The molecular weight excluding hydrogens is 198 g/mol. The van der Waals surface area contributed by atoms with Crippen molar-refractivity contribution in [2.75, 3.05) is 13.1 Å². The lowest BCUT2D eigenvalue weighted by Gasteiger charge is -2.18. The predicted octanol–water partition coefficient (Wildman–Crippen LogP) is 2.77. The van der Waals surface area contributed by atoms with E-state index in [2.05, 4.69) is 19.4 Å². The highest BCUT2D eigenvalue weighted by atomic mass is 15.1. The molecule has 0 amide bonds. The van der Waals surface area contributed by atoms with Crippen molar-refractivity contribution in [3.05, 3.63) is 24.4 Å². The summed E-state index contributed by atoms with van der Waals surface area (Å²) < 4.78 is 0. The van der Waals surface area contributed by atoms with Gasteiger partial charge in [-0.1, -0.05) is 18.6 Å². The van der Waals surface area contributed by atoms with Crippen LogP contribution in [0, 0.1) is 11.5 Å². The van der Waals surface area contributed by atoms with E-state index in [1.54, 1.807) is 4.90 Å². The Hall–Kier alpha value is -1.27. The molecule has 0 unspecified atom stereocenters. The van der Waals surface area contributed by atoms with E-state index in [1.807, 2.05) is 6.92 Å². The molecule has 2 N–H and O–H groups in total. The second-order valence-electron chi connectivity index (χ2n) is 4.12.